The second-order valence-corrected chi connectivity index (χ2v) is 5.07. The van der Waals surface area contributed by atoms with Gasteiger partial charge < -0.3 is 9.72 Å². The second-order valence-electron chi connectivity index (χ2n) is 4.66. The third-order valence-corrected chi connectivity index (χ3v) is 3.61. The van der Waals surface area contributed by atoms with Crippen molar-refractivity contribution in [3.05, 3.63) is 58.9 Å². The number of nitriles is 1. The quantitative estimate of drug-likeness (QED) is 0.734. The molecule has 108 valence electrons. The van der Waals surface area contributed by atoms with Crippen LogP contribution in [-0.4, -0.2) is 17.1 Å². The van der Waals surface area contributed by atoms with E-state index in [1.807, 2.05) is 36.4 Å². The van der Waals surface area contributed by atoms with Gasteiger partial charge in [-0.05, 0) is 29.8 Å². The number of nitrogens with zero attached hydrogens (tertiary/aromatic N) is 2. The average molecular weight is 310 g/mol. The Labute approximate surface area is 132 Å². The molecule has 4 nitrogen and oxygen atoms in total. The van der Waals surface area contributed by atoms with Crippen LogP contribution in [0.4, 0.5) is 0 Å². The van der Waals surface area contributed by atoms with E-state index in [0.717, 1.165) is 22.3 Å². The number of nitrogens with one attached hydrogen (secondary N) is 1. The van der Waals surface area contributed by atoms with E-state index in [0.29, 0.717) is 16.4 Å². The minimum atomic E-state index is 0.420. The molecule has 0 aliphatic heterocycles. The SMILES string of the molecule is COc1ccc2nc(/C(C#N)=C\c3ccccc3Cl)[nH]c2c1. The summed E-state index contributed by atoms with van der Waals surface area (Å²) in [5.41, 5.74) is 2.78. The number of hydrogen-bond donors (Lipinski definition) is 1. The molecule has 0 amide bonds. The van der Waals surface area contributed by atoms with Crippen molar-refractivity contribution < 1.29 is 4.74 Å². The Kier molecular flexibility index (Phi) is 3.82. The zero-order valence-electron chi connectivity index (χ0n) is 11.8. The zero-order valence-corrected chi connectivity index (χ0v) is 12.6. The molecule has 0 aliphatic carbocycles. The Hall–Kier alpha value is -2.77. The normalized spacial score (nSPS) is 11.4. The molecule has 1 aromatic heterocycles. The molecule has 0 radical (unpaired) electrons. The lowest BCUT2D eigenvalue weighted by Crippen LogP contribution is -1.85. The van der Waals surface area contributed by atoms with E-state index < -0.39 is 0 Å². The lowest BCUT2D eigenvalue weighted by atomic mass is 10.1. The maximum Gasteiger partial charge on any atom is 0.149 e. The van der Waals surface area contributed by atoms with Crippen molar-refractivity contribution in [2.75, 3.05) is 7.11 Å². The highest BCUT2D eigenvalue weighted by Crippen LogP contribution is 2.24. The summed E-state index contributed by atoms with van der Waals surface area (Å²) < 4.78 is 5.18. The number of hydrogen-bond acceptors (Lipinski definition) is 3. The molecule has 0 bridgehead atoms. The minimum absolute atomic E-state index is 0.420. The summed E-state index contributed by atoms with van der Waals surface area (Å²) in [6.45, 7) is 0. The van der Waals surface area contributed by atoms with Gasteiger partial charge in [0.15, 0.2) is 0 Å². The number of imidazole rings is 1. The number of methoxy groups -OCH3 is 1. The highest BCUT2D eigenvalue weighted by atomic mass is 35.5. The van der Waals surface area contributed by atoms with E-state index in [-0.39, 0.29) is 0 Å². The van der Waals surface area contributed by atoms with Gasteiger partial charge in [0, 0.05) is 11.1 Å². The van der Waals surface area contributed by atoms with Gasteiger partial charge in [-0.3, -0.25) is 0 Å². The van der Waals surface area contributed by atoms with Gasteiger partial charge in [-0.15, -0.1) is 0 Å². The van der Waals surface area contributed by atoms with Crippen molar-refractivity contribution in [3.8, 4) is 11.8 Å². The van der Waals surface area contributed by atoms with Crippen molar-refractivity contribution >= 4 is 34.3 Å². The summed E-state index contributed by atoms with van der Waals surface area (Å²) >= 11 is 6.13. The Balaban J connectivity index is 2.08. The fourth-order valence-electron chi connectivity index (χ4n) is 2.14. The highest BCUT2D eigenvalue weighted by Gasteiger charge is 2.09. The van der Waals surface area contributed by atoms with E-state index >= 15 is 0 Å². The predicted octanol–water partition coefficient (Wildman–Crippen LogP) is 4.29. The number of rotatable bonds is 3. The van der Waals surface area contributed by atoms with Gasteiger partial charge >= 0.3 is 0 Å². The van der Waals surface area contributed by atoms with Crippen LogP contribution in [0, 0.1) is 11.3 Å². The highest BCUT2D eigenvalue weighted by molar-refractivity contribution is 6.32. The van der Waals surface area contributed by atoms with Crippen molar-refractivity contribution in [3.63, 3.8) is 0 Å². The van der Waals surface area contributed by atoms with Crippen LogP contribution in [0.15, 0.2) is 42.5 Å². The van der Waals surface area contributed by atoms with Crippen LogP contribution in [0.3, 0.4) is 0 Å². The number of aromatic amines is 1. The molecule has 0 fully saturated rings. The largest absolute Gasteiger partial charge is 0.497 e. The van der Waals surface area contributed by atoms with Crippen molar-refractivity contribution in [2.45, 2.75) is 0 Å². The van der Waals surface area contributed by atoms with Crippen molar-refractivity contribution in [1.82, 2.24) is 9.97 Å². The molecule has 2 aromatic carbocycles. The molecule has 0 saturated heterocycles. The van der Waals surface area contributed by atoms with Gasteiger partial charge in [-0.1, -0.05) is 29.8 Å². The number of allylic oxidation sites excluding steroid dienone is 1. The zero-order chi connectivity index (χ0) is 15.5. The molecule has 0 atom stereocenters. The molecule has 0 unspecified atom stereocenters. The summed E-state index contributed by atoms with van der Waals surface area (Å²) in [6, 6.07) is 15.0. The van der Waals surface area contributed by atoms with Crippen LogP contribution < -0.4 is 4.74 Å². The summed E-state index contributed by atoms with van der Waals surface area (Å²) in [7, 11) is 1.61. The van der Waals surface area contributed by atoms with Crippen LogP contribution in [0.2, 0.25) is 5.02 Å². The van der Waals surface area contributed by atoms with Crippen molar-refractivity contribution in [1.29, 1.82) is 5.26 Å². The van der Waals surface area contributed by atoms with E-state index in [1.165, 1.54) is 0 Å². The van der Waals surface area contributed by atoms with Crippen LogP contribution in [-0.2, 0) is 0 Å². The maximum absolute atomic E-state index is 9.41. The summed E-state index contributed by atoms with van der Waals surface area (Å²) in [5.74, 6) is 1.24. The standard InChI is InChI=1S/C17H12ClN3O/c1-22-13-6-7-15-16(9-13)21-17(20-15)12(10-19)8-11-4-2-3-5-14(11)18/h2-9H,1H3,(H,20,21)/b12-8-. The van der Waals surface area contributed by atoms with Gasteiger partial charge in [0.1, 0.15) is 17.6 Å². The number of aromatic nitrogens is 2. The van der Waals surface area contributed by atoms with Gasteiger partial charge in [0.2, 0.25) is 0 Å². The molecule has 0 saturated carbocycles. The Morgan fingerprint density at radius 2 is 2.14 bits per heavy atom. The first-order valence-corrected chi connectivity index (χ1v) is 6.99. The lowest BCUT2D eigenvalue weighted by molar-refractivity contribution is 0.415. The first-order chi connectivity index (χ1) is 10.7. The number of H-pyrrole nitrogens is 1. The van der Waals surface area contributed by atoms with Crippen LogP contribution >= 0.6 is 11.6 Å². The molecule has 5 heteroatoms. The average Bonchev–Trinajstić information content (AvgIpc) is 2.96. The molecular formula is C17H12ClN3O. The van der Waals surface area contributed by atoms with Gasteiger partial charge in [-0.25, -0.2) is 4.98 Å². The molecule has 0 spiro atoms. The minimum Gasteiger partial charge on any atom is -0.497 e. The maximum atomic E-state index is 9.41. The molecule has 1 heterocycles. The van der Waals surface area contributed by atoms with E-state index in [4.69, 9.17) is 16.3 Å². The Morgan fingerprint density at radius 3 is 2.86 bits per heavy atom. The fourth-order valence-corrected chi connectivity index (χ4v) is 2.33. The Bertz CT molecular complexity index is 906. The fraction of sp³-hybridized carbons (Fsp3) is 0.0588. The van der Waals surface area contributed by atoms with E-state index in [1.54, 1.807) is 19.3 Å². The van der Waals surface area contributed by atoms with Crippen LogP contribution in [0.1, 0.15) is 11.4 Å². The number of halogens is 1. The van der Waals surface area contributed by atoms with Gasteiger partial charge in [0.05, 0.1) is 23.7 Å². The van der Waals surface area contributed by atoms with Gasteiger partial charge in [0.25, 0.3) is 0 Å². The van der Waals surface area contributed by atoms with Crippen LogP contribution in [0.5, 0.6) is 5.75 Å². The van der Waals surface area contributed by atoms with Gasteiger partial charge in [-0.2, -0.15) is 5.26 Å². The molecule has 1 N–H and O–H groups in total. The Morgan fingerprint density at radius 1 is 1.32 bits per heavy atom. The smallest absolute Gasteiger partial charge is 0.149 e. The summed E-state index contributed by atoms with van der Waals surface area (Å²) in [5, 5.41) is 10.0. The molecule has 3 rings (SSSR count). The number of ether oxygens (including phenoxy) is 1. The van der Waals surface area contributed by atoms with E-state index in [9.17, 15) is 5.26 Å². The summed E-state index contributed by atoms with van der Waals surface area (Å²) in [6.07, 6.45) is 1.72. The third-order valence-electron chi connectivity index (χ3n) is 3.27. The molecule has 0 aliphatic rings. The second kappa shape index (κ2) is 5.92. The monoisotopic (exact) mass is 309 g/mol. The predicted molar refractivity (Wildman–Crippen MR) is 87.6 cm³/mol. The summed E-state index contributed by atoms with van der Waals surface area (Å²) in [4.78, 5) is 7.58. The molecular weight excluding hydrogens is 298 g/mol. The number of fused-ring (bicyclic) bond motifs is 1. The number of benzene rings is 2. The third kappa shape index (κ3) is 2.67. The first kappa shape index (κ1) is 14.2. The molecule has 3 aromatic rings. The lowest BCUT2D eigenvalue weighted by Gasteiger charge is -1.98. The van der Waals surface area contributed by atoms with Crippen LogP contribution in [0.25, 0.3) is 22.7 Å². The van der Waals surface area contributed by atoms with E-state index in [2.05, 4.69) is 16.0 Å². The topological polar surface area (TPSA) is 61.7 Å². The molecule has 22 heavy (non-hydrogen) atoms. The first-order valence-electron chi connectivity index (χ1n) is 6.61. The van der Waals surface area contributed by atoms with Crippen molar-refractivity contribution in [2.24, 2.45) is 0 Å².